The van der Waals surface area contributed by atoms with Gasteiger partial charge in [-0.15, -0.1) is 24.8 Å². The van der Waals surface area contributed by atoms with Gasteiger partial charge in [-0.3, -0.25) is 9.69 Å². The van der Waals surface area contributed by atoms with Crippen molar-refractivity contribution in [3.05, 3.63) is 23.3 Å². The molecule has 0 bridgehead atoms. The van der Waals surface area contributed by atoms with E-state index in [4.69, 9.17) is 9.47 Å². The van der Waals surface area contributed by atoms with Gasteiger partial charge in [-0.1, -0.05) is 0 Å². The van der Waals surface area contributed by atoms with Gasteiger partial charge in [0.15, 0.2) is 11.5 Å². The van der Waals surface area contributed by atoms with Crippen LogP contribution in [0.5, 0.6) is 11.5 Å². The van der Waals surface area contributed by atoms with E-state index in [1.807, 2.05) is 7.05 Å². The lowest BCUT2D eigenvalue weighted by Crippen LogP contribution is -2.38. The van der Waals surface area contributed by atoms with Gasteiger partial charge < -0.3 is 20.1 Å². The van der Waals surface area contributed by atoms with E-state index in [9.17, 15) is 4.79 Å². The highest BCUT2D eigenvalue weighted by molar-refractivity contribution is 5.85. The van der Waals surface area contributed by atoms with Gasteiger partial charge in [0.25, 0.3) is 0 Å². The SMILES string of the molecule is CNCCC(=O)NCCN1CCc2cc(OC)c(OC)cc2C1.Cl.Cl. The van der Waals surface area contributed by atoms with Gasteiger partial charge in [0.2, 0.25) is 5.91 Å². The number of hydrogen-bond acceptors (Lipinski definition) is 5. The average Bonchev–Trinajstić information content (AvgIpc) is 2.58. The molecule has 6 nitrogen and oxygen atoms in total. The Kier molecular flexibility index (Phi) is 11.6. The summed E-state index contributed by atoms with van der Waals surface area (Å²) in [5.74, 6) is 1.66. The number of methoxy groups -OCH3 is 2. The number of benzene rings is 1. The molecule has 144 valence electrons. The second-order valence-electron chi connectivity index (χ2n) is 5.71. The standard InChI is InChI=1S/C17H27N3O3.2ClH/c1-18-6-4-17(21)19-7-9-20-8-5-13-10-15(22-2)16(23-3)11-14(13)12-20;;/h10-11,18H,4-9,12H2,1-3H3,(H,19,21);2*1H. The van der Waals surface area contributed by atoms with Crippen LogP contribution >= 0.6 is 24.8 Å². The van der Waals surface area contributed by atoms with Crippen molar-refractivity contribution in [3.8, 4) is 11.5 Å². The first-order valence-electron chi connectivity index (χ1n) is 8.05. The van der Waals surface area contributed by atoms with Gasteiger partial charge in [0, 0.05) is 39.1 Å². The van der Waals surface area contributed by atoms with E-state index < -0.39 is 0 Å². The molecule has 25 heavy (non-hydrogen) atoms. The molecule has 0 spiro atoms. The Bertz CT molecular complexity index is 544. The number of ether oxygens (including phenoxy) is 2. The summed E-state index contributed by atoms with van der Waals surface area (Å²) in [6, 6.07) is 4.14. The molecule has 0 atom stereocenters. The Balaban J connectivity index is 0.00000288. The topological polar surface area (TPSA) is 62.8 Å². The predicted octanol–water partition coefficient (Wildman–Crippen LogP) is 1.63. The maximum absolute atomic E-state index is 11.6. The van der Waals surface area contributed by atoms with Crippen molar-refractivity contribution in [2.24, 2.45) is 0 Å². The maximum atomic E-state index is 11.6. The molecule has 2 N–H and O–H groups in total. The molecule has 0 unspecified atom stereocenters. The fourth-order valence-corrected chi connectivity index (χ4v) is 2.81. The molecule has 1 amide bonds. The lowest BCUT2D eigenvalue weighted by molar-refractivity contribution is -0.121. The average molecular weight is 394 g/mol. The third-order valence-electron chi connectivity index (χ3n) is 4.15. The number of amides is 1. The van der Waals surface area contributed by atoms with Gasteiger partial charge in [-0.25, -0.2) is 0 Å². The predicted molar refractivity (Wildman–Crippen MR) is 105 cm³/mol. The van der Waals surface area contributed by atoms with E-state index in [0.29, 0.717) is 19.5 Å². The quantitative estimate of drug-likeness (QED) is 0.702. The molecule has 1 aliphatic heterocycles. The van der Waals surface area contributed by atoms with Crippen molar-refractivity contribution < 1.29 is 14.3 Å². The molecule has 0 fully saturated rings. The van der Waals surface area contributed by atoms with Crippen LogP contribution < -0.4 is 20.1 Å². The van der Waals surface area contributed by atoms with Crippen LogP contribution in [-0.4, -0.2) is 58.3 Å². The van der Waals surface area contributed by atoms with Crippen LogP contribution in [0.2, 0.25) is 0 Å². The number of carbonyl (C=O) groups excluding carboxylic acids is 1. The van der Waals surface area contributed by atoms with Crippen LogP contribution in [0.1, 0.15) is 17.5 Å². The third-order valence-corrected chi connectivity index (χ3v) is 4.15. The van der Waals surface area contributed by atoms with E-state index in [1.54, 1.807) is 14.2 Å². The lowest BCUT2D eigenvalue weighted by Gasteiger charge is -2.29. The van der Waals surface area contributed by atoms with E-state index in [0.717, 1.165) is 37.6 Å². The molecular weight excluding hydrogens is 365 g/mol. The van der Waals surface area contributed by atoms with Crippen LogP contribution in [0.15, 0.2) is 12.1 Å². The highest BCUT2D eigenvalue weighted by Gasteiger charge is 2.19. The van der Waals surface area contributed by atoms with Gasteiger partial charge in [0.1, 0.15) is 0 Å². The van der Waals surface area contributed by atoms with Crippen molar-refractivity contribution in [1.29, 1.82) is 0 Å². The summed E-state index contributed by atoms with van der Waals surface area (Å²) in [6.45, 7) is 4.13. The first kappa shape index (κ1) is 23.8. The molecule has 0 aliphatic carbocycles. The molecule has 1 heterocycles. The van der Waals surface area contributed by atoms with Crippen LogP contribution in [0.25, 0.3) is 0 Å². The lowest BCUT2D eigenvalue weighted by atomic mass is 9.99. The van der Waals surface area contributed by atoms with Crippen molar-refractivity contribution in [2.45, 2.75) is 19.4 Å². The van der Waals surface area contributed by atoms with E-state index in [1.165, 1.54) is 11.1 Å². The fourth-order valence-electron chi connectivity index (χ4n) is 2.81. The van der Waals surface area contributed by atoms with Gasteiger partial charge in [-0.2, -0.15) is 0 Å². The van der Waals surface area contributed by atoms with Gasteiger partial charge >= 0.3 is 0 Å². The molecule has 0 aromatic heterocycles. The Labute approximate surface area is 162 Å². The molecule has 1 aromatic rings. The van der Waals surface area contributed by atoms with E-state index in [-0.39, 0.29) is 30.7 Å². The normalized spacial score (nSPS) is 13.1. The Hall–Kier alpha value is -1.21. The molecule has 0 radical (unpaired) electrons. The smallest absolute Gasteiger partial charge is 0.221 e. The number of carbonyl (C=O) groups is 1. The number of nitrogens with one attached hydrogen (secondary N) is 2. The van der Waals surface area contributed by atoms with Crippen molar-refractivity contribution in [3.63, 3.8) is 0 Å². The second kappa shape index (κ2) is 12.2. The monoisotopic (exact) mass is 393 g/mol. The molecule has 1 aliphatic rings. The van der Waals surface area contributed by atoms with E-state index in [2.05, 4.69) is 27.7 Å². The fraction of sp³-hybridized carbons (Fsp3) is 0.588. The summed E-state index contributed by atoms with van der Waals surface area (Å²) in [5.41, 5.74) is 2.59. The van der Waals surface area contributed by atoms with E-state index >= 15 is 0 Å². The number of halogens is 2. The Morgan fingerprint density at radius 1 is 1.12 bits per heavy atom. The number of nitrogens with zero attached hydrogens (tertiary/aromatic N) is 1. The summed E-state index contributed by atoms with van der Waals surface area (Å²) in [7, 11) is 5.17. The van der Waals surface area contributed by atoms with Crippen LogP contribution in [0.4, 0.5) is 0 Å². The van der Waals surface area contributed by atoms with Crippen molar-refractivity contribution >= 4 is 30.7 Å². The van der Waals surface area contributed by atoms with Crippen LogP contribution in [0.3, 0.4) is 0 Å². The van der Waals surface area contributed by atoms with Crippen molar-refractivity contribution in [2.75, 3.05) is 47.4 Å². The zero-order chi connectivity index (χ0) is 16.7. The molecule has 8 heteroatoms. The number of rotatable bonds is 8. The Morgan fingerprint density at radius 2 is 1.76 bits per heavy atom. The van der Waals surface area contributed by atoms with Crippen LogP contribution in [0, 0.1) is 0 Å². The largest absolute Gasteiger partial charge is 0.493 e. The Morgan fingerprint density at radius 3 is 2.36 bits per heavy atom. The zero-order valence-electron chi connectivity index (χ0n) is 15.1. The minimum atomic E-state index is 0. The summed E-state index contributed by atoms with van der Waals surface area (Å²) in [5, 5.41) is 5.94. The number of hydrogen-bond donors (Lipinski definition) is 2. The number of fused-ring (bicyclic) bond motifs is 1. The molecule has 1 aromatic carbocycles. The molecule has 0 saturated carbocycles. The zero-order valence-corrected chi connectivity index (χ0v) is 16.7. The highest BCUT2D eigenvalue weighted by atomic mass is 35.5. The van der Waals surface area contributed by atoms with Crippen molar-refractivity contribution in [1.82, 2.24) is 15.5 Å². The summed E-state index contributed by atoms with van der Waals surface area (Å²) < 4.78 is 10.7. The summed E-state index contributed by atoms with van der Waals surface area (Å²) in [4.78, 5) is 13.9. The minimum absolute atomic E-state index is 0. The molecular formula is C17H29Cl2N3O3. The highest BCUT2D eigenvalue weighted by Crippen LogP contribution is 2.33. The maximum Gasteiger partial charge on any atom is 0.221 e. The minimum Gasteiger partial charge on any atom is -0.493 e. The summed E-state index contributed by atoms with van der Waals surface area (Å²) in [6.07, 6.45) is 1.51. The third kappa shape index (κ3) is 6.90. The van der Waals surface area contributed by atoms with Gasteiger partial charge in [0.05, 0.1) is 14.2 Å². The molecule has 0 saturated heterocycles. The summed E-state index contributed by atoms with van der Waals surface area (Å²) >= 11 is 0. The molecule has 2 rings (SSSR count). The van der Waals surface area contributed by atoms with Gasteiger partial charge in [-0.05, 0) is 36.7 Å². The van der Waals surface area contributed by atoms with Crippen LogP contribution in [-0.2, 0) is 17.8 Å². The first-order chi connectivity index (χ1) is 11.2. The second-order valence-corrected chi connectivity index (χ2v) is 5.71. The first-order valence-corrected chi connectivity index (χ1v) is 8.05.